The molecule has 0 aliphatic carbocycles. The number of benzene rings is 2. The molecule has 1 aromatic heterocycles. The van der Waals surface area contributed by atoms with Crippen LogP contribution in [-0.2, 0) is 0 Å². The summed E-state index contributed by atoms with van der Waals surface area (Å²) in [6.07, 6.45) is 1.45. The van der Waals surface area contributed by atoms with Crippen LogP contribution in [0, 0.1) is 0 Å². The molecule has 0 saturated heterocycles. The van der Waals surface area contributed by atoms with Gasteiger partial charge in [0.1, 0.15) is 11.3 Å². The van der Waals surface area contributed by atoms with E-state index in [1.165, 1.54) is 6.39 Å². The molecule has 3 aromatic rings. The molecule has 0 spiro atoms. The van der Waals surface area contributed by atoms with Gasteiger partial charge in [-0.1, -0.05) is 30.3 Å². The minimum Gasteiger partial charge on any atom is -0.508 e. The van der Waals surface area contributed by atoms with Crippen LogP contribution in [0.1, 0.15) is 0 Å². The van der Waals surface area contributed by atoms with Crippen molar-refractivity contribution in [1.82, 2.24) is 4.98 Å². The van der Waals surface area contributed by atoms with Gasteiger partial charge in [0.2, 0.25) is 0 Å². The molecule has 4 heteroatoms. The number of phenols is 1. The van der Waals surface area contributed by atoms with Gasteiger partial charge in [0.05, 0.1) is 0 Å². The molecule has 17 heavy (non-hydrogen) atoms. The summed E-state index contributed by atoms with van der Waals surface area (Å²) in [7, 11) is 0. The molecule has 0 atom stereocenters. The lowest BCUT2D eigenvalue weighted by atomic mass is 10.3. The van der Waals surface area contributed by atoms with E-state index in [0.29, 0.717) is 5.75 Å². The van der Waals surface area contributed by atoms with Crippen LogP contribution in [0.25, 0.3) is 11.1 Å². The maximum Gasteiger partial charge on any atom is 0.181 e. The van der Waals surface area contributed by atoms with Crippen LogP contribution in [0.5, 0.6) is 5.75 Å². The number of aromatic hydroxyl groups is 1. The summed E-state index contributed by atoms with van der Waals surface area (Å²) < 4.78 is 5.01. The Balaban J connectivity index is 0.000000166. The highest BCUT2D eigenvalue weighted by molar-refractivity contribution is 5.75. The predicted molar refractivity (Wildman–Crippen MR) is 67.9 cm³/mol. The van der Waals surface area contributed by atoms with E-state index in [1.54, 1.807) is 24.3 Å². The number of phenolic OH excluding ortho intramolecular Hbond substituents is 1. The summed E-state index contributed by atoms with van der Waals surface area (Å²) >= 11 is 0. The minimum atomic E-state index is 0. The van der Waals surface area contributed by atoms with Crippen molar-refractivity contribution < 1.29 is 9.52 Å². The highest BCUT2D eigenvalue weighted by Crippen LogP contribution is 2.09. The third kappa shape index (κ3) is 3.95. The van der Waals surface area contributed by atoms with Crippen LogP contribution >= 0.6 is 0 Å². The highest BCUT2D eigenvalue weighted by atomic mass is 27.0. The lowest BCUT2D eigenvalue weighted by Gasteiger charge is -1.82. The maximum atomic E-state index is 8.63. The summed E-state index contributed by atoms with van der Waals surface area (Å²) in [6, 6.07) is 16.4. The zero-order chi connectivity index (χ0) is 11.2. The van der Waals surface area contributed by atoms with Crippen LogP contribution < -0.4 is 0 Å². The number of nitrogens with zero attached hydrogens (tertiary/aromatic N) is 1. The van der Waals surface area contributed by atoms with Crippen molar-refractivity contribution in [2.75, 3.05) is 0 Å². The number of para-hydroxylation sites is 3. The fraction of sp³-hybridized carbons (Fsp3) is 0. The second-order valence-corrected chi connectivity index (χ2v) is 3.16. The predicted octanol–water partition coefficient (Wildman–Crippen LogP) is 2.84. The van der Waals surface area contributed by atoms with E-state index in [9.17, 15) is 0 Å². The van der Waals surface area contributed by atoms with Gasteiger partial charge in [-0.05, 0) is 24.3 Å². The largest absolute Gasteiger partial charge is 0.508 e. The van der Waals surface area contributed by atoms with Gasteiger partial charge >= 0.3 is 0 Å². The fourth-order valence-corrected chi connectivity index (χ4v) is 1.23. The Labute approximate surface area is 110 Å². The second kappa shape index (κ2) is 6.75. The van der Waals surface area contributed by atoms with Gasteiger partial charge in [0, 0.05) is 17.4 Å². The third-order valence-electron chi connectivity index (χ3n) is 1.99. The number of fused-ring (bicyclic) bond motifs is 1. The maximum absolute atomic E-state index is 8.63. The van der Waals surface area contributed by atoms with Crippen molar-refractivity contribution in [3.63, 3.8) is 0 Å². The monoisotopic (exact) mass is 240 g/mol. The van der Waals surface area contributed by atoms with Crippen LogP contribution in [0.4, 0.5) is 0 Å². The first-order chi connectivity index (χ1) is 7.86. The molecule has 0 fully saturated rings. The standard InChI is InChI=1S/C7H5NO.C6H6O.Al/c1-2-4-7-6(3-1)8-5-9-7;7-6-4-2-1-3-5-6;/h1-5H;1-5,7H;. The van der Waals surface area contributed by atoms with Crippen molar-refractivity contribution in [3.05, 3.63) is 61.0 Å². The topological polar surface area (TPSA) is 46.3 Å². The molecule has 1 heterocycles. The molecule has 0 aliphatic heterocycles. The zero-order valence-corrected chi connectivity index (χ0v) is 10.3. The number of hydrogen-bond donors (Lipinski definition) is 1. The van der Waals surface area contributed by atoms with Crippen molar-refractivity contribution in [3.8, 4) is 5.75 Å². The number of rotatable bonds is 0. The van der Waals surface area contributed by atoms with E-state index in [4.69, 9.17) is 9.52 Å². The average Bonchev–Trinajstić information content (AvgIpc) is 2.79. The molecule has 0 unspecified atom stereocenters. The third-order valence-corrected chi connectivity index (χ3v) is 1.99. The van der Waals surface area contributed by atoms with Crippen molar-refractivity contribution in [1.29, 1.82) is 0 Å². The Morgan fingerprint density at radius 2 is 1.53 bits per heavy atom. The normalized spacial score (nSPS) is 8.94. The average molecular weight is 240 g/mol. The van der Waals surface area contributed by atoms with Crippen LogP contribution in [0.15, 0.2) is 65.4 Å². The van der Waals surface area contributed by atoms with Crippen molar-refractivity contribution >= 4 is 28.5 Å². The molecule has 83 valence electrons. The second-order valence-electron chi connectivity index (χ2n) is 3.16. The molecule has 1 N–H and O–H groups in total. The molecular formula is C13H11AlNO2. The Bertz CT molecular complexity index is 521. The Morgan fingerprint density at radius 1 is 0.882 bits per heavy atom. The number of aromatic nitrogens is 1. The summed E-state index contributed by atoms with van der Waals surface area (Å²) in [5.74, 6) is 0.322. The molecule has 3 radical (unpaired) electrons. The summed E-state index contributed by atoms with van der Waals surface area (Å²) in [5.41, 5.74) is 1.76. The molecule has 3 rings (SSSR count). The molecule has 0 aliphatic rings. The fourth-order valence-electron chi connectivity index (χ4n) is 1.23. The van der Waals surface area contributed by atoms with Crippen molar-refractivity contribution in [2.45, 2.75) is 0 Å². The smallest absolute Gasteiger partial charge is 0.181 e. The SMILES string of the molecule is Oc1ccccc1.[Al].c1ccc2ocnc2c1. The molecular weight excluding hydrogens is 229 g/mol. The van der Waals surface area contributed by atoms with E-state index in [0.717, 1.165) is 11.1 Å². The number of hydrogen-bond acceptors (Lipinski definition) is 3. The van der Waals surface area contributed by atoms with Gasteiger partial charge in [-0.25, -0.2) is 4.98 Å². The van der Waals surface area contributed by atoms with Crippen LogP contribution in [0.3, 0.4) is 0 Å². The first kappa shape index (κ1) is 13.3. The van der Waals surface area contributed by atoms with E-state index in [1.807, 2.05) is 30.3 Å². The molecule has 3 nitrogen and oxygen atoms in total. The zero-order valence-electron chi connectivity index (χ0n) is 9.15. The Morgan fingerprint density at radius 3 is 2.12 bits per heavy atom. The van der Waals surface area contributed by atoms with E-state index >= 15 is 0 Å². The Kier molecular flexibility index (Phi) is 5.28. The molecule has 2 aromatic carbocycles. The van der Waals surface area contributed by atoms with Gasteiger partial charge in [0.25, 0.3) is 0 Å². The van der Waals surface area contributed by atoms with Gasteiger partial charge in [0.15, 0.2) is 12.0 Å². The number of oxazole rings is 1. The lowest BCUT2D eigenvalue weighted by molar-refractivity contribution is 0.475. The van der Waals surface area contributed by atoms with E-state index in [2.05, 4.69) is 4.98 Å². The minimum absolute atomic E-state index is 0. The molecule has 0 saturated carbocycles. The van der Waals surface area contributed by atoms with Crippen LogP contribution in [-0.4, -0.2) is 27.5 Å². The molecule has 0 amide bonds. The highest BCUT2D eigenvalue weighted by Gasteiger charge is 1.91. The lowest BCUT2D eigenvalue weighted by Crippen LogP contribution is -1.61. The Hall–Kier alpha value is -1.76. The van der Waals surface area contributed by atoms with Gasteiger partial charge in [-0.3, -0.25) is 0 Å². The van der Waals surface area contributed by atoms with Gasteiger partial charge in [-0.15, -0.1) is 0 Å². The van der Waals surface area contributed by atoms with Crippen LogP contribution in [0.2, 0.25) is 0 Å². The molecule has 0 bridgehead atoms. The summed E-state index contributed by atoms with van der Waals surface area (Å²) in [4.78, 5) is 3.95. The van der Waals surface area contributed by atoms with Crippen molar-refractivity contribution in [2.24, 2.45) is 0 Å². The summed E-state index contributed by atoms with van der Waals surface area (Å²) in [6.45, 7) is 0. The van der Waals surface area contributed by atoms with E-state index < -0.39 is 0 Å². The quantitative estimate of drug-likeness (QED) is 0.614. The van der Waals surface area contributed by atoms with Gasteiger partial charge < -0.3 is 9.52 Å². The van der Waals surface area contributed by atoms with Gasteiger partial charge in [-0.2, -0.15) is 0 Å². The summed E-state index contributed by atoms with van der Waals surface area (Å²) in [5, 5.41) is 8.63. The first-order valence-corrected chi connectivity index (χ1v) is 4.88. The first-order valence-electron chi connectivity index (χ1n) is 4.88. The van der Waals surface area contributed by atoms with E-state index in [-0.39, 0.29) is 17.4 Å².